The summed E-state index contributed by atoms with van der Waals surface area (Å²) >= 11 is 6.14. The number of hydrogen-bond acceptors (Lipinski definition) is 1. The number of rotatable bonds is 0. The van der Waals surface area contributed by atoms with Crippen molar-refractivity contribution >= 4 is 11.6 Å². The molecule has 0 aliphatic carbocycles. The van der Waals surface area contributed by atoms with Crippen LogP contribution in [0.2, 0.25) is 0 Å². The van der Waals surface area contributed by atoms with Gasteiger partial charge in [-0.25, -0.2) is 0 Å². The molecule has 0 saturated carbocycles. The van der Waals surface area contributed by atoms with Crippen LogP contribution in [0.3, 0.4) is 0 Å². The molecule has 1 fully saturated rings. The molecule has 1 aliphatic rings. The molecule has 12 heavy (non-hydrogen) atoms. The Labute approximate surface area is 80.4 Å². The largest absolute Gasteiger partial charge is 0.378 e. The maximum atomic E-state index is 6.14. The van der Waals surface area contributed by atoms with Crippen LogP contribution in [0.4, 0.5) is 0 Å². The SMILES string of the molecule is CC(C)(C)[C@@H]1C[C@H](Cl)CCCO1. The Hall–Kier alpha value is 0.250. The van der Waals surface area contributed by atoms with Gasteiger partial charge in [-0.2, -0.15) is 0 Å². The molecule has 0 bridgehead atoms. The van der Waals surface area contributed by atoms with E-state index in [4.69, 9.17) is 16.3 Å². The molecule has 0 aromatic carbocycles. The highest BCUT2D eigenvalue weighted by Crippen LogP contribution is 2.30. The number of ether oxygens (including phenoxy) is 1. The molecule has 1 saturated heterocycles. The minimum Gasteiger partial charge on any atom is -0.378 e. The van der Waals surface area contributed by atoms with Gasteiger partial charge in [-0.15, -0.1) is 11.6 Å². The van der Waals surface area contributed by atoms with Gasteiger partial charge in [-0.05, 0) is 24.7 Å². The van der Waals surface area contributed by atoms with Crippen molar-refractivity contribution in [3.8, 4) is 0 Å². The molecule has 0 spiro atoms. The van der Waals surface area contributed by atoms with Crippen LogP contribution in [0.1, 0.15) is 40.0 Å². The number of halogens is 1. The summed E-state index contributed by atoms with van der Waals surface area (Å²) in [7, 11) is 0. The summed E-state index contributed by atoms with van der Waals surface area (Å²) in [5, 5.41) is 0.316. The second-order valence-electron chi connectivity index (χ2n) is 4.70. The first-order chi connectivity index (χ1) is 5.50. The van der Waals surface area contributed by atoms with Gasteiger partial charge in [-0.1, -0.05) is 20.8 Å². The Morgan fingerprint density at radius 1 is 1.33 bits per heavy atom. The van der Waals surface area contributed by atoms with E-state index in [1.807, 2.05) is 0 Å². The molecule has 0 aromatic heterocycles. The van der Waals surface area contributed by atoms with E-state index in [2.05, 4.69) is 20.8 Å². The predicted molar refractivity (Wildman–Crippen MR) is 52.7 cm³/mol. The average molecular weight is 191 g/mol. The summed E-state index contributed by atoms with van der Waals surface area (Å²) in [5.74, 6) is 0. The van der Waals surface area contributed by atoms with E-state index in [-0.39, 0.29) is 5.41 Å². The van der Waals surface area contributed by atoms with E-state index in [1.165, 1.54) is 0 Å². The van der Waals surface area contributed by atoms with E-state index < -0.39 is 0 Å². The van der Waals surface area contributed by atoms with E-state index in [1.54, 1.807) is 0 Å². The summed E-state index contributed by atoms with van der Waals surface area (Å²) in [6, 6.07) is 0. The zero-order valence-electron chi connectivity index (χ0n) is 8.27. The van der Waals surface area contributed by atoms with E-state index in [0.717, 1.165) is 25.9 Å². The Bertz CT molecular complexity index is 139. The molecule has 1 rings (SSSR count). The molecule has 0 amide bonds. The maximum absolute atomic E-state index is 6.14. The smallest absolute Gasteiger partial charge is 0.0637 e. The quantitative estimate of drug-likeness (QED) is 0.533. The Morgan fingerprint density at radius 3 is 2.58 bits per heavy atom. The minimum atomic E-state index is 0.234. The molecule has 0 radical (unpaired) electrons. The zero-order valence-corrected chi connectivity index (χ0v) is 9.03. The van der Waals surface area contributed by atoms with Crippen molar-refractivity contribution < 1.29 is 4.74 Å². The summed E-state index contributed by atoms with van der Waals surface area (Å²) < 4.78 is 5.75. The van der Waals surface area contributed by atoms with Crippen molar-refractivity contribution in [2.45, 2.75) is 51.5 Å². The van der Waals surface area contributed by atoms with Gasteiger partial charge in [0.05, 0.1) is 6.10 Å². The van der Waals surface area contributed by atoms with Crippen LogP contribution in [-0.4, -0.2) is 18.1 Å². The van der Waals surface area contributed by atoms with Crippen LogP contribution in [0.25, 0.3) is 0 Å². The third kappa shape index (κ3) is 2.95. The van der Waals surface area contributed by atoms with Gasteiger partial charge >= 0.3 is 0 Å². The first-order valence-electron chi connectivity index (χ1n) is 4.76. The maximum Gasteiger partial charge on any atom is 0.0637 e. The lowest BCUT2D eigenvalue weighted by atomic mass is 9.86. The highest BCUT2D eigenvalue weighted by molar-refractivity contribution is 6.20. The fourth-order valence-electron chi connectivity index (χ4n) is 1.55. The van der Waals surface area contributed by atoms with E-state index in [0.29, 0.717) is 11.5 Å². The van der Waals surface area contributed by atoms with Gasteiger partial charge in [-0.3, -0.25) is 0 Å². The van der Waals surface area contributed by atoms with Crippen LogP contribution in [0, 0.1) is 5.41 Å². The zero-order chi connectivity index (χ0) is 9.19. The third-order valence-corrected chi connectivity index (χ3v) is 2.81. The molecule has 1 heterocycles. The summed E-state index contributed by atoms with van der Waals surface area (Å²) in [6.45, 7) is 7.52. The average Bonchev–Trinajstić information content (AvgIpc) is 2.11. The minimum absolute atomic E-state index is 0.234. The van der Waals surface area contributed by atoms with Crippen molar-refractivity contribution in [3.63, 3.8) is 0 Å². The lowest BCUT2D eigenvalue weighted by molar-refractivity contribution is -0.0133. The molecule has 2 atom stereocenters. The molecule has 0 unspecified atom stereocenters. The number of hydrogen-bond donors (Lipinski definition) is 0. The van der Waals surface area contributed by atoms with Crippen LogP contribution in [-0.2, 0) is 4.74 Å². The van der Waals surface area contributed by atoms with E-state index >= 15 is 0 Å². The van der Waals surface area contributed by atoms with Gasteiger partial charge < -0.3 is 4.74 Å². The van der Waals surface area contributed by atoms with Crippen molar-refractivity contribution in [1.82, 2.24) is 0 Å². The first-order valence-corrected chi connectivity index (χ1v) is 5.19. The molecule has 72 valence electrons. The lowest BCUT2D eigenvalue weighted by Crippen LogP contribution is -2.30. The highest BCUT2D eigenvalue weighted by Gasteiger charge is 2.29. The lowest BCUT2D eigenvalue weighted by Gasteiger charge is -2.30. The third-order valence-electron chi connectivity index (χ3n) is 2.42. The molecule has 2 heteroatoms. The van der Waals surface area contributed by atoms with Gasteiger partial charge in [0.2, 0.25) is 0 Å². The molecular weight excluding hydrogens is 172 g/mol. The molecule has 0 aromatic rings. The second-order valence-corrected chi connectivity index (χ2v) is 5.32. The molecule has 1 nitrogen and oxygen atoms in total. The Kier molecular flexibility index (Phi) is 3.42. The van der Waals surface area contributed by atoms with Gasteiger partial charge in [0, 0.05) is 12.0 Å². The normalized spacial score (nSPS) is 33.0. The van der Waals surface area contributed by atoms with Gasteiger partial charge in [0.25, 0.3) is 0 Å². The summed E-state index contributed by atoms with van der Waals surface area (Å²) in [4.78, 5) is 0. The number of alkyl halides is 1. The van der Waals surface area contributed by atoms with Gasteiger partial charge in [0.1, 0.15) is 0 Å². The van der Waals surface area contributed by atoms with Crippen molar-refractivity contribution in [1.29, 1.82) is 0 Å². The monoisotopic (exact) mass is 190 g/mol. The first kappa shape index (κ1) is 10.3. The second kappa shape index (κ2) is 3.97. The van der Waals surface area contributed by atoms with Crippen LogP contribution in [0.5, 0.6) is 0 Å². The standard InChI is InChI=1S/C10H19ClO/c1-10(2,3)9-7-8(11)5-4-6-12-9/h8-9H,4-7H2,1-3H3/t8-,9+/m1/s1. The molecular formula is C10H19ClO. The van der Waals surface area contributed by atoms with E-state index in [9.17, 15) is 0 Å². The van der Waals surface area contributed by atoms with Crippen molar-refractivity contribution in [2.75, 3.05) is 6.61 Å². The predicted octanol–water partition coefficient (Wildman–Crippen LogP) is 3.21. The fraction of sp³-hybridized carbons (Fsp3) is 1.00. The summed E-state index contributed by atoms with van der Waals surface area (Å²) in [5.41, 5.74) is 0.234. The fourth-order valence-corrected chi connectivity index (χ4v) is 1.87. The molecule has 1 aliphatic heterocycles. The molecule has 0 N–H and O–H groups in total. The van der Waals surface area contributed by atoms with Gasteiger partial charge in [0.15, 0.2) is 0 Å². The van der Waals surface area contributed by atoms with Crippen molar-refractivity contribution in [2.24, 2.45) is 5.41 Å². The highest BCUT2D eigenvalue weighted by atomic mass is 35.5. The van der Waals surface area contributed by atoms with Crippen LogP contribution in [0.15, 0.2) is 0 Å². The van der Waals surface area contributed by atoms with Crippen molar-refractivity contribution in [3.05, 3.63) is 0 Å². The topological polar surface area (TPSA) is 9.23 Å². The summed E-state index contributed by atoms with van der Waals surface area (Å²) in [6.07, 6.45) is 3.56. The van der Waals surface area contributed by atoms with Crippen LogP contribution >= 0.6 is 11.6 Å². The Balaban J connectivity index is 2.52. The van der Waals surface area contributed by atoms with Crippen LogP contribution < -0.4 is 0 Å². The Morgan fingerprint density at radius 2 is 2.00 bits per heavy atom.